The molecule has 0 saturated carbocycles. The minimum absolute atomic E-state index is 0.166. The number of nitrogens with zero attached hydrogens (tertiary/aromatic N) is 2. The predicted octanol–water partition coefficient (Wildman–Crippen LogP) is 3.07. The van der Waals surface area contributed by atoms with Crippen molar-refractivity contribution in [2.24, 2.45) is 0 Å². The smallest absolute Gasteiger partial charge is 0.227 e. The number of anilines is 1. The molecule has 0 spiro atoms. The van der Waals surface area contributed by atoms with E-state index in [9.17, 15) is 4.39 Å². The highest BCUT2D eigenvalue weighted by Crippen LogP contribution is 2.27. The van der Waals surface area contributed by atoms with Crippen LogP contribution in [-0.2, 0) is 0 Å². The number of ether oxygens (including phenoxy) is 1. The van der Waals surface area contributed by atoms with E-state index < -0.39 is 0 Å². The summed E-state index contributed by atoms with van der Waals surface area (Å²) in [4.78, 5) is 8.19. The summed E-state index contributed by atoms with van der Waals surface area (Å²) in [6, 6.07) is 5.00. The number of hydrogen-bond donors (Lipinski definition) is 1. The van der Waals surface area contributed by atoms with Crippen LogP contribution in [-0.4, -0.2) is 17.0 Å². The highest BCUT2D eigenvalue weighted by molar-refractivity contribution is 5.37. The summed E-state index contributed by atoms with van der Waals surface area (Å²) in [6.45, 7) is 3.50. The molecular weight excluding hydrogens is 233 g/mol. The highest BCUT2D eigenvalue weighted by atomic mass is 19.1. The molecule has 1 aromatic carbocycles. The molecule has 5 heteroatoms. The molecule has 94 valence electrons. The SMILES string of the molecule is CNc1ncc(C)c(Oc2cccc(C)c2F)n1. The largest absolute Gasteiger partial charge is 0.435 e. The summed E-state index contributed by atoms with van der Waals surface area (Å²) in [5.74, 6) is 0.572. The maximum absolute atomic E-state index is 13.8. The van der Waals surface area contributed by atoms with Crippen LogP contribution in [0.4, 0.5) is 10.3 Å². The molecule has 1 aromatic heterocycles. The number of aryl methyl sites for hydroxylation is 2. The van der Waals surface area contributed by atoms with E-state index in [1.807, 2.05) is 6.92 Å². The van der Waals surface area contributed by atoms with Crippen LogP contribution in [0.1, 0.15) is 11.1 Å². The summed E-state index contributed by atoms with van der Waals surface area (Å²) < 4.78 is 19.3. The first-order valence-corrected chi connectivity index (χ1v) is 5.56. The number of nitrogens with one attached hydrogen (secondary N) is 1. The van der Waals surface area contributed by atoms with Gasteiger partial charge in [0, 0.05) is 18.8 Å². The lowest BCUT2D eigenvalue weighted by molar-refractivity contribution is 0.422. The first-order chi connectivity index (χ1) is 8.61. The second-order valence-corrected chi connectivity index (χ2v) is 3.92. The van der Waals surface area contributed by atoms with Crippen LogP contribution in [0.2, 0.25) is 0 Å². The summed E-state index contributed by atoms with van der Waals surface area (Å²) in [5, 5.41) is 2.81. The third kappa shape index (κ3) is 2.40. The fourth-order valence-electron chi connectivity index (χ4n) is 1.45. The molecule has 18 heavy (non-hydrogen) atoms. The Morgan fingerprint density at radius 2 is 2.00 bits per heavy atom. The zero-order valence-electron chi connectivity index (χ0n) is 10.5. The minimum atomic E-state index is -0.374. The Hall–Kier alpha value is -2.17. The van der Waals surface area contributed by atoms with E-state index in [0.717, 1.165) is 5.56 Å². The van der Waals surface area contributed by atoms with E-state index in [4.69, 9.17) is 4.74 Å². The Kier molecular flexibility index (Phi) is 3.41. The van der Waals surface area contributed by atoms with Crippen LogP contribution >= 0.6 is 0 Å². The predicted molar refractivity (Wildman–Crippen MR) is 67.5 cm³/mol. The van der Waals surface area contributed by atoms with Crippen LogP contribution in [0.5, 0.6) is 11.6 Å². The van der Waals surface area contributed by atoms with Crippen molar-refractivity contribution in [3.8, 4) is 11.6 Å². The molecule has 2 aromatic rings. The molecule has 0 radical (unpaired) electrons. The van der Waals surface area contributed by atoms with Gasteiger partial charge in [-0.3, -0.25) is 0 Å². The van der Waals surface area contributed by atoms with Gasteiger partial charge < -0.3 is 10.1 Å². The van der Waals surface area contributed by atoms with Crippen molar-refractivity contribution < 1.29 is 9.13 Å². The number of aromatic nitrogens is 2. The van der Waals surface area contributed by atoms with E-state index in [0.29, 0.717) is 17.4 Å². The highest BCUT2D eigenvalue weighted by Gasteiger charge is 2.10. The van der Waals surface area contributed by atoms with Gasteiger partial charge in [0.2, 0.25) is 11.8 Å². The zero-order valence-corrected chi connectivity index (χ0v) is 10.5. The molecular formula is C13H14FN3O. The summed E-state index contributed by atoms with van der Waals surface area (Å²) in [5.41, 5.74) is 1.28. The summed E-state index contributed by atoms with van der Waals surface area (Å²) in [7, 11) is 1.71. The van der Waals surface area contributed by atoms with Gasteiger partial charge in [-0.15, -0.1) is 0 Å². The fourth-order valence-corrected chi connectivity index (χ4v) is 1.45. The summed E-state index contributed by atoms with van der Waals surface area (Å²) in [6.07, 6.45) is 1.63. The van der Waals surface area contributed by atoms with Crippen molar-refractivity contribution in [1.82, 2.24) is 9.97 Å². The van der Waals surface area contributed by atoms with Gasteiger partial charge in [-0.1, -0.05) is 12.1 Å². The minimum Gasteiger partial charge on any atom is -0.435 e. The number of halogens is 1. The average Bonchev–Trinajstić information content (AvgIpc) is 2.37. The van der Waals surface area contributed by atoms with Crippen LogP contribution in [0, 0.1) is 19.7 Å². The second kappa shape index (κ2) is 5.00. The molecule has 4 nitrogen and oxygen atoms in total. The van der Waals surface area contributed by atoms with Gasteiger partial charge in [0.15, 0.2) is 11.6 Å². The summed E-state index contributed by atoms with van der Waals surface area (Å²) >= 11 is 0. The van der Waals surface area contributed by atoms with Crippen molar-refractivity contribution in [3.63, 3.8) is 0 Å². The van der Waals surface area contributed by atoms with Gasteiger partial charge in [0.05, 0.1) is 0 Å². The molecule has 0 aliphatic rings. The molecule has 2 rings (SSSR count). The van der Waals surface area contributed by atoms with Crippen molar-refractivity contribution in [2.45, 2.75) is 13.8 Å². The standard InChI is InChI=1S/C13H14FN3O/c1-8-5-4-6-10(11(8)14)18-12-9(2)7-16-13(15-3)17-12/h4-7H,1-3H3,(H,15,16,17). The number of rotatable bonds is 3. The van der Waals surface area contributed by atoms with Gasteiger partial charge in [0.25, 0.3) is 0 Å². The molecule has 0 aliphatic heterocycles. The second-order valence-electron chi connectivity index (χ2n) is 3.92. The Balaban J connectivity index is 2.36. The quantitative estimate of drug-likeness (QED) is 0.905. The Labute approximate surface area is 105 Å². The Bertz CT molecular complexity index is 572. The number of benzene rings is 1. The third-order valence-electron chi connectivity index (χ3n) is 2.51. The van der Waals surface area contributed by atoms with Crippen molar-refractivity contribution in [3.05, 3.63) is 41.3 Å². The molecule has 0 amide bonds. The van der Waals surface area contributed by atoms with Crippen molar-refractivity contribution in [1.29, 1.82) is 0 Å². The topological polar surface area (TPSA) is 47.0 Å². The van der Waals surface area contributed by atoms with Crippen LogP contribution in [0.25, 0.3) is 0 Å². The van der Waals surface area contributed by atoms with Crippen LogP contribution in [0.3, 0.4) is 0 Å². The van der Waals surface area contributed by atoms with E-state index in [1.165, 1.54) is 0 Å². The van der Waals surface area contributed by atoms with Gasteiger partial charge in [-0.2, -0.15) is 4.98 Å². The van der Waals surface area contributed by atoms with E-state index >= 15 is 0 Å². The zero-order chi connectivity index (χ0) is 13.1. The van der Waals surface area contributed by atoms with Crippen molar-refractivity contribution in [2.75, 3.05) is 12.4 Å². The van der Waals surface area contributed by atoms with E-state index in [1.54, 1.807) is 38.4 Å². The maximum atomic E-state index is 13.8. The average molecular weight is 247 g/mol. The van der Waals surface area contributed by atoms with E-state index in [2.05, 4.69) is 15.3 Å². The first-order valence-electron chi connectivity index (χ1n) is 5.56. The fraction of sp³-hybridized carbons (Fsp3) is 0.231. The first kappa shape index (κ1) is 12.3. The van der Waals surface area contributed by atoms with Gasteiger partial charge in [0.1, 0.15) is 0 Å². The Morgan fingerprint density at radius 1 is 1.22 bits per heavy atom. The third-order valence-corrected chi connectivity index (χ3v) is 2.51. The Morgan fingerprint density at radius 3 is 2.72 bits per heavy atom. The van der Waals surface area contributed by atoms with Crippen LogP contribution < -0.4 is 10.1 Å². The molecule has 0 saturated heterocycles. The lowest BCUT2D eigenvalue weighted by Gasteiger charge is -2.10. The van der Waals surface area contributed by atoms with E-state index in [-0.39, 0.29) is 11.6 Å². The van der Waals surface area contributed by atoms with Crippen molar-refractivity contribution >= 4 is 5.95 Å². The number of hydrogen-bond acceptors (Lipinski definition) is 4. The molecule has 0 atom stereocenters. The van der Waals surface area contributed by atoms with Gasteiger partial charge in [-0.25, -0.2) is 9.37 Å². The maximum Gasteiger partial charge on any atom is 0.227 e. The van der Waals surface area contributed by atoms with Gasteiger partial charge in [-0.05, 0) is 25.5 Å². The lowest BCUT2D eigenvalue weighted by atomic mass is 10.2. The normalized spacial score (nSPS) is 10.2. The molecule has 0 aliphatic carbocycles. The molecule has 0 fully saturated rings. The lowest BCUT2D eigenvalue weighted by Crippen LogP contribution is -2.00. The monoisotopic (exact) mass is 247 g/mol. The molecule has 1 N–H and O–H groups in total. The van der Waals surface area contributed by atoms with Crippen LogP contribution in [0.15, 0.2) is 24.4 Å². The molecule has 1 heterocycles. The van der Waals surface area contributed by atoms with Gasteiger partial charge >= 0.3 is 0 Å². The molecule has 0 unspecified atom stereocenters. The molecule has 0 bridgehead atoms.